The first-order valence-corrected chi connectivity index (χ1v) is 7.56. The summed E-state index contributed by atoms with van der Waals surface area (Å²) >= 11 is 0. The zero-order chi connectivity index (χ0) is 15.6. The van der Waals surface area contributed by atoms with E-state index >= 15 is 0 Å². The Labute approximate surface area is 121 Å². The molecule has 114 valence electrons. The minimum absolute atomic E-state index is 0.0834. The Morgan fingerprint density at radius 2 is 1.90 bits per heavy atom. The molecule has 2 unspecified atom stereocenters. The molecule has 1 heterocycles. The van der Waals surface area contributed by atoms with Crippen molar-refractivity contribution < 1.29 is 28.1 Å². The van der Waals surface area contributed by atoms with Gasteiger partial charge < -0.3 is 15.3 Å². The predicted molar refractivity (Wildman–Crippen MR) is 71.1 cm³/mol. The number of aliphatic hydroxyl groups is 3. The summed E-state index contributed by atoms with van der Waals surface area (Å²) in [5.41, 5.74) is -0.0834. The lowest BCUT2D eigenvalue weighted by Gasteiger charge is -2.16. The third kappa shape index (κ3) is 3.23. The van der Waals surface area contributed by atoms with Crippen molar-refractivity contribution in [3.8, 4) is 11.8 Å². The van der Waals surface area contributed by atoms with Crippen LogP contribution in [0.1, 0.15) is 5.56 Å². The highest BCUT2D eigenvalue weighted by molar-refractivity contribution is 7.89. The standard InChI is InChI=1S/C13H14FNO5S/c14-10-3-4-13(9(6-10)2-1-5-16)21(19,20)15-7-11(17)12(18)8-15/h3-4,6,11-12,16-18H,5,7-8H2. The molecule has 1 fully saturated rings. The van der Waals surface area contributed by atoms with E-state index in [4.69, 9.17) is 5.11 Å². The molecule has 1 aliphatic rings. The second kappa shape index (κ2) is 6.09. The molecule has 0 aromatic heterocycles. The molecule has 0 spiro atoms. The summed E-state index contributed by atoms with van der Waals surface area (Å²) in [7, 11) is -4.02. The van der Waals surface area contributed by atoms with Crippen molar-refractivity contribution in [2.45, 2.75) is 17.1 Å². The topological polar surface area (TPSA) is 98.1 Å². The van der Waals surface area contributed by atoms with Crippen molar-refractivity contribution in [3.05, 3.63) is 29.6 Å². The van der Waals surface area contributed by atoms with E-state index in [9.17, 15) is 23.0 Å². The molecule has 1 aromatic carbocycles. The number of hydrogen-bond acceptors (Lipinski definition) is 5. The van der Waals surface area contributed by atoms with Crippen molar-refractivity contribution in [1.29, 1.82) is 0 Å². The first-order valence-electron chi connectivity index (χ1n) is 6.12. The monoisotopic (exact) mass is 315 g/mol. The van der Waals surface area contributed by atoms with Gasteiger partial charge in [-0.25, -0.2) is 12.8 Å². The molecule has 0 saturated carbocycles. The number of halogens is 1. The van der Waals surface area contributed by atoms with Crippen molar-refractivity contribution in [3.63, 3.8) is 0 Å². The maximum Gasteiger partial charge on any atom is 0.244 e. The third-order valence-electron chi connectivity index (χ3n) is 3.09. The van der Waals surface area contributed by atoms with Crippen LogP contribution in [0.25, 0.3) is 0 Å². The molecule has 1 aromatic rings. The minimum atomic E-state index is -4.02. The van der Waals surface area contributed by atoms with E-state index < -0.39 is 34.7 Å². The highest BCUT2D eigenvalue weighted by Gasteiger charge is 2.38. The van der Waals surface area contributed by atoms with Gasteiger partial charge in [0, 0.05) is 18.7 Å². The summed E-state index contributed by atoms with van der Waals surface area (Å²) in [6.07, 6.45) is -2.32. The molecule has 6 nitrogen and oxygen atoms in total. The van der Waals surface area contributed by atoms with Gasteiger partial charge in [0.15, 0.2) is 0 Å². The van der Waals surface area contributed by atoms with Crippen LogP contribution in [-0.2, 0) is 10.0 Å². The van der Waals surface area contributed by atoms with Crippen LogP contribution in [0.4, 0.5) is 4.39 Å². The first kappa shape index (κ1) is 15.9. The summed E-state index contributed by atoms with van der Waals surface area (Å²) in [5, 5.41) is 27.6. The fourth-order valence-corrected chi connectivity index (χ4v) is 3.63. The Morgan fingerprint density at radius 1 is 1.29 bits per heavy atom. The molecule has 2 atom stereocenters. The van der Waals surface area contributed by atoms with Crippen molar-refractivity contribution >= 4 is 10.0 Å². The van der Waals surface area contributed by atoms with Crippen LogP contribution in [0.15, 0.2) is 23.1 Å². The van der Waals surface area contributed by atoms with E-state index in [2.05, 4.69) is 11.8 Å². The Morgan fingerprint density at radius 3 is 2.48 bits per heavy atom. The molecule has 2 rings (SSSR count). The van der Waals surface area contributed by atoms with Gasteiger partial charge in [-0.05, 0) is 18.2 Å². The number of sulfonamides is 1. The van der Waals surface area contributed by atoms with Gasteiger partial charge in [-0.1, -0.05) is 11.8 Å². The number of rotatable bonds is 2. The van der Waals surface area contributed by atoms with Crippen LogP contribution in [0.5, 0.6) is 0 Å². The van der Waals surface area contributed by atoms with E-state index in [1.807, 2.05) is 0 Å². The van der Waals surface area contributed by atoms with E-state index in [1.54, 1.807) is 0 Å². The lowest BCUT2D eigenvalue weighted by atomic mass is 10.2. The van der Waals surface area contributed by atoms with Crippen LogP contribution in [-0.4, -0.2) is 59.9 Å². The number of benzene rings is 1. The van der Waals surface area contributed by atoms with Gasteiger partial charge in [0.05, 0.1) is 17.1 Å². The van der Waals surface area contributed by atoms with Crippen LogP contribution < -0.4 is 0 Å². The number of β-amino-alcohol motifs (C(OH)–C–C–N with tert-alkyl or cyclic N) is 2. The summed E-state index contributed by atoms with van der Waals surface area (Å²) in [6, 6.07) is 3.02. The quantitative estimate of drug-likeness (QED) is 0.602. The maximum atomic E-state index is 13.2. The van der Waals surface area contributed by atoms with Gasteiger partial charge >= 0.3 is 0 Å². The van der Waals surface area contributed by atoms with Gasteiger partial charge in [-0.3, -0.25) is 0 Å². The summed E-state index contributed by atoms with van der Waals surface area (Å²) < 4.78 is 39.1. The van der Waals surface area contributed by atoms with Crippen LogP contribution in [0, 0.1) is 17.7 Å². The molecule has 0 bridgehead atoms. The minimum Gasteiger partial charge on any atom is -0.389 e. The second-order valence-electron chi connectivity index (χ2n) is 4.56. The number of hydrogen-bond donors (Lipinski definition) is 3. The van der Waals surface area contributed by atoms with E-state index in [1.165, 1.54) is 0 Å². The van der Waals surface area contributed by atoms with Crippen LogP contribution in [0.3, 0.4) is 0 Å². The molecule has 1 aliphatic heterocycles. The van der Waals surface area contributed by atoms with Crippen LogP contribution in [0.2, 0.25) is 0 Å². The molecule has 21 heavy (non-hydrogen) atoms. The van der Waals surface area contributed by atoms with Crippen molar-refractivity contribution in [2.75, 3.05) is 19.7 Å². The third-order valence-corrected chi connectivity index (χ3v) is 4.98. The van der Waals surface area contributed by atoms with Crippen LogP contribution >= 0.6 is 0 Å². The van der Waals surface area contributed by atoms with Gasteiger partial charge in [-0.2, -0.15) is 4.31 Å². The van der Waals surface area contributed by atoms with E-state index in [-0.39, 0.29) is 23.5 Å². The summed E-state index contributed by atoms with van der Waals surface area (Å²) in [6.45, 7) is -0.974. The highest BCUT2D eigenvalue weighted by Crippen LogP contribution is 2.24. The normalized spacial score (nSPS) is 22.9. The lowest BCUT2D eigenvalue weighted by Crippen LogP contribution is -2.30. The Bertz CT molecular complexity index is 684. The molecule has 1 saturated heterocycles. The Hall–Kier alpha value is -1.50. The number of aliphatic hydroxyl groups excluding tert-OH is 3. The van der Waals surface area contributed by atoms with Gasteiger partial charge in [0.2, 0.25) is 10.0 Å². The van der Waals surface area contributed by atoms with E-state index in [0.29, 0.717) is 0 Å². The molecule has 0 amide bonds. The zero-order valence-electron chi connectivity index (χ0n) is 10.9. The molecular weight excluding hydrogens is 301 g/mol. The van der Waals surface area contributed by atoms with Gasteiger partial charge in [-0.15, -0.1) is 0 Å². The first-order chi connectivity index (χ1) is 9.86. The number of nitrogens with zero attached hydrogens (tertiary/aromatic N) is 1. The largest absolute Gasteiger partial charge is 0.389 e. The summed E-state index contributed by atoms with van der Waals surface area (Å²) in [4.78, 5) is -0.230. The van der Waals surface area contributed by atoms with Gasteiger partial charge in [0.25, 0.3) is 0 Å². The average molecular weight is 315 g/mol. The molecule has 0 aliphatic carbocycles. The Kier molecular flexibility index (Phi) is 4.61. The zero-order valence-corrected chi connectivity index (χ0v) is 11.7. The molecular formula is C13H14FNO5S. The predicted octanol–water partition coefficient (Wildman–Crippen LogP) is -1.10. The smallest absolute Gasteiger partial charge is 0.244 e. The van der Waals surface area contributed by atoms with E-state index in [0.717, 1.165) is 22.5 Å². The fraction of sp³-hybridized carbons (Fsp3) is 0.385. The second-order valence-corrected chi connectivity index (χ2v) is 6.46. The highest BCUT2D eigenvalue weighted by atomic mass is 32.2. The molecule has 3 N–H and O–H groups in total. The Balaban J connectivity index is 2.45. The average Bonchev–Trinajstić information content (AvgIpc) is 2.77. The molecule has 8 heteroatoms. The SMILES string of the molecule is O=S(=O)(c1ccc(F)cc1C#CCO)N1CC(O)C(O)C1. The lowest BCUT2D eigenvalue weighted by molar-refractivity contribution is 0.0572. The van der Waals surface area contributed by atoms with Gasteiger partial charge in [0.1, 0.15) is 12.4 Å². The summed E-state index contributed by atoms with van der Waals surface area (Å²) in [5.74, 6) is 4.00. The maximum absolute atomic E-state index is 13.2. The van der Waals surface area contributed by atoms with Crippen molar-refractivity contribution in [2.24, 2.45) is 0 Å². The fourth-order valence-electron chi connectivity index (χ4n) is 2.03. The molecule has 0 radical (unpaired) electrons. The van der Waals surface area contributed by atoms with Crippen molar-refractivity contribution in [1.82, 2.24) is 4.31 Å².